The summed E-state index contributed by atoms with van der Waals surface area (Å²) in [7, 11) is -3.61. The van der Waals surface area contributed by atoms with Crippen molar-refractivity contribution >= 4 is 27.8 Å². The summed E-state index contributed by atoms with van der Waals surface area (Å²) in [6.07, 6.45) is 4.54. The second-order valence-electron chi connectivity index (χ2n) is 5.06. The van der Waals surface area contributed by atoms with E-state index in [0.717, 1.165) is 16.1 Å². The van der Waals surface area contributed by atoms with Gasteiger partial charge in [0.25, 0.3) is 5.91 Å². The first-order valence-corrected chi connectivity index (χ1v) is 9.17. The van der Waals surface area contributed by atoms with Crippen molar-refractivity contribution in [2.45, 2.75) is 13.3 Å². The molecule has 0 aliphatic rings. The third-order valence-corrected chi connectivity index (χ3v) is 4.38. The summed E-state index contributed by atoms with van der Waals surface area (Å²) in [6.45, 7) is 1.57. The molecule has 0 spiro atoms. The Kier molecular flexibility index (Phi) is 5.75. The zero-order valence-electron chi connectivity index (χ0n) is 13.5. The standard InChI is InChI=1S/C16H19N3O4S/c1-3-13-7-4-5-9-15(13)19(24(2,21)22)12-16(20)18-17-11-14-8-6-10-23-14/h4-11H,3,12H2,1-2H3,(H,18,20)/b17-11-. The fourth-order valence-corrected chi connectivity index (χ4v) is 3.02. The largest absolute Gasteiger partial charge is 0.463 e. The zero-order chi connectivity index (χ0) is 17.6. The van der Waals surface area contributed by atoms with E-state index in [9.17, 15) is 13.2 Å². The molecule has 0 unspecified atom stereocenters. The van der Waals surface area contributed by atoms with Crippen molar-refractivity contribution in [2.75, 3.05) is 17.1 Å². The molecule has 1 N–H and O–H groups in total. The Morgan fingerprint density at radius 1 is 1.29 bits per heavy atom. The molecule has 24 heavy (non-hydrogen) atoms. The predicted octanol–water partition coefficient (Wildman–Crippen LogP) is 1.76. The van der Waals surface area contributed by atoms with E-state index in [1.807, 2.05) is 19.1 Å². The number of hydrogen-bond acceptors (Lipinski definition) is 5. The summed E-state index contributed by atoms with van der Waals surface area (Å²) in [5.74, 6) is -0.0688. The Morgan fingerprint density at radius 3 is 2.67 bits per heavy atom. The number of benzene rings is 1. The molecule has 1 amide bonds. The molecular weight excluding hydrogens is 330 g/mol. The number of hydrogen-bond donors (Lipinski definition) is 1. The van der Waals surface area contributed by atoms with Gasteiger partial charge in [0.15, 0.2) is 0 Å². The molecule has 7 nitrogen and oxygen atoms in total. The van der Waals surface area contributed by atoms with Crippen LogP contribution in [0.4, 0.5) is 5.69 Å². The lowest BCUT2D eigenvalue weighted by atomic mass is 10.1. The Morgan fingerprint density at radius 2 is 2.04 bits per heavy atom. The molecule has 0 radical (unpaired) electrons. The van der Waals surface area contributed by atoms with E-state index in [1.165, 1.54) is 12.5 Å². The first-order chi connectivity index (χ1) is 11.4. The minimum atomic E-state index is -3.61. The SMILES string of the molecule is CCc1ccccc1N(CC(=O)N/N=C\c1ccco1)S(C)(=O)=O. The normalized spacial score (nSPS) is 11.6. The number of nitrogens with one attached hydrogen (secondary N) is 1. The lowest BCUT2D eigenvalue weighted by Crippen LogP contribution is -2.39. The van der Waals surface area contributed by atoms with Crippen LogP contribution in [0, 0.1) is 0 Å². The van der Waals surface area contributed by atoms with Crippen LogP contribution in [0.1, 0.15) is 18.2 Å². The topological polar surface area (TPSA) is 92.0 Å². The number of hydrazone groups is 1. The summed E-state index contributed by atoms with van der Waals surface area (Å²) in [4.78, 5) is 12.0. The molecule has 0 bridgehead atoms. The predicted molar refractivity (Wildman–Crippen MR) is 92.5 cm³/mol. The Bertz CT molecular complexity index is 814. The highest BCUT2D eigenvalue weighted by atomic mass is 32.2. The third-order valence-electron chi connectivity index (χ3n) is 3.25. The third kappa shape index (κ3) is 4.69. The maximum absolute atomic E-state index is 12.1. The van der Waals surface area contributed by atoms with E-state index in [2.05, 4.69) is 10.5 Å². The molecule has 1 aromatic heterocycles. The lowest BCUT2D eigenvalue weighted by molar-refractivity contribution is -0.119. The highest BCUT2D eigenvalue weighted by molar-refractivity contribution is 7.92. The number of carbonyl (C=O) groups excluding carboxylic acids is 1. The molecule has 0 saturated carbocycles. The van der Waals surface area contributed by atoms with E-state index in [0.29, 0.717) is 17.9 Å². The van der Waals surface area contributed by atoms with E-state index < -0.39 is 15.9 Å². The highest BCUT2D eigenvalue weighted by Gasteiger charge is 2.22. The maximum atomic E-state index is 12.1. The van der Waals surface area contributed by atoms with E-state index in [-0.39, 0.29) is 6.54 Å². The molecule has 1 aromatic carbocycles. The van der Waals surface area contributed by atoms with Gasteiger partial charge in [-0.05, 0) is 30.2 Å². The number of anilines is 1. The number of sulfonamides is 1. The number of furan rings is 1. The van der Waals surface area contributed by atoms with Gasteiger partial charge in [0.05, 0.1) is 24.4 Å². The number of para-hydroxylation sites is 1. The van der Waals surface area contributed by atoms with Crippen LogP contribution >= 0.6 is 0 Å². The monoisotopic (exact) mass is 349 g/mol. The van der Waals surface area contributed by atoms with Crippen LogP contribution in [0.3, 0.4) is 0 Å². The molecule has 0 saturated heterocycles. The van der Waals surface area contributed by atoms with Crippen LogP contribution in [0.5, 0.6) is 0 Å². The molecule has 0 aliphatic heterocycles. The van der Waals surface area contributed by atoms with Gasteiger partial charge in [-0.3, -0.25) is 9.10 Å². The first-order valence-electron chi connectivity index (χ1n) is 7.33. The van der Waals surface area contributed by atoms with Crippen LogP contribution in [-0.4, -0.2) is 33.3 Å². The van der Waals surface area contributed by atoms with E-state index in [4.69, 9.17) is 4.42 Å². The summed E-state index contributed by atoms with van der Waals surface area (Å²) in [5.41, 5.74) is 3.63. The van der Waals surface area contributed by atoms with Crippen LogP contribution in [-0.2, 0) is 21.2 Å². The van der Waals surface area contributed by atoms with Gasteiger partial charge in [-0.25, -0.2) is 13.8 Å². The summed E-state index contributed by atoms with van der Waals surface area (Å²) in [6, 6.07) is 10.4. The van der Waals surface area contributed by atoms with Gasteiger partial charge in [-0.15, -0.1) is 0 Å². The van der Waals surface area contributed by atoms with E-state index >= 15 is 0 Å². The smallest absolute Gasteiger partial charge is 0.260 e. The Labute approximate surface area is 141 Å². The van der Waals surface area contributed by atoms with Crippen LogP contribution in [0.2, 0.25) is 0 Å². The molecule has 8 heteroatoms. The Hall–Kier alpha value is -2.61. The van der Waals surface area contributed by atoms with Crippen molar-refractivity contribution in [3.63, 3.8) is 0 Å². The number of carbonyl (C=O) groups is 1. The summed E-state index contributed by atoms with van der Waals surface area (Å²) >= 11 is 0. The molecule has 2 rings (SSSR count). The lowest BCUT2D eigenvalue weighted by Gasteiger charge is -2.23. The second kappa shape index (κ2) is 7.78. The van der Waals surface area contributed by atoms with Gasteiger partial charge < -0.3 is 4.42 Å². The van der Waals surface area contributed by atoms with Crippen LogP contribution in [0.15, 0.2) is 52.2 Å². The van der Waals surface area contributed by atoms with Crippen molar-refractivity contribution in [3.05, 3.63) is 54.0 Å². The minimum absolute atomic E-state index is 0.356. The van der Waals surface area contributed by atoms with Crippen LogP contribution in [0.25, 0.3) is 0 Å². The summed E-state index contributed by atoms with van der Waals surface area (Å²) < 4.78 is 30.3. The fourth-order valence-electron chi connectivity index (χ4n) is 2.13. The molecular formula is C16H19N3O4S. The van der Waals surface area contributed by atoms with Crippen molar-refractivity contribution in [1.29, 1.82) is 0 Å². The van der Waals surface area contributed by atoms with Crippen molar-refractivity contribution in [2.24, 2.45) is 5.10 Å². The van der Waals surface area contributed by atoms with Gasteiger partial charge in [0, 0.05) is 0 Å². The number of aryl methyl sites for hydroxylation is 1. The number of amides is 1. The summed E-state index contributed by atoms with van der Waals surface area (Å²) in [5, 5.41) is 3.75. The maximum Gasteiger partial charge on any atom is 0.260 e. The van der Waals surface area contributed by atoms with Crippen molar-refractivity contribution < 1.29 is 17.6 Å². The second-order valence-corrected chi connectivity index (χ2v) is 6.97. The first kappa shape index (κ1) is 17.7. The van der Waals surface area contributed by atoms with Gasteiger partial charge in [-0.2, -0.15) is 5.10 Å². The molecule has 0 fully saturated rings. The minimum Gasteiger partial charge on any atom is -0.463 e. The fraction of sp³-hybridized carbons (Fsp3) is 0.250. The van der Waals surface area contributed by atoms with Gasteiger partial charge in [0.1, 0.15) is 12.3 Å². The zero-order valence-corrected chi connectivity index (χ0v) is 14.3. The number of rotatable bonds is 7. The van der Waals surface area contributed by atoms with Crippen molar-refractivity contribution in [1.82, 2.24) is 5.43 Å². The van der Waals surface area contributed by atoms with Gasteiger partial charge >= 0.3 is 0 Å². The van der Waals surface area contributed by atoms with Crippen LogP contribution < -0.4 is 9.73 Å². The molecule has 2 aromatic rings. The molecule has 0 atom stereocenters. The van der Waals surface area contributed by atoms with Crippen molar-refractivity contribution in [3.8, 4) is 0 Å². The number of nitrogens with zero attached hydrogens (tertiary/aromatic N) is 2. The quantitative estimate of drug-likeness (QED) is 0.609. The average Bonchev–Trinajstić information content (AvgIpc) is 3.05. The molecule has 1 heterocycles. The Balaban J connectivity index is 2.13. The van der Waals surface area contributed by atoms with Gasteiger partial charge in [-0.1, -0.05) is 25.1 Å². The van der Waals surface area contributed by atoms with E-state index in [1.54, 1.807) is 24.3 Å². The van der Waals surface area contributed by atoms with Gasteiger partial charge in [0.2, 0.25) is 10.0 Å². The molecule has 0 aliphatic carbocycles. The highest BCUT2D eigenvalue weighted by Crippen LogP contribution is 2.23. The molecule has 128 valence electrons. The average molecular weight is 349 g/mol.